The quantitative estimate of drug-likeness (QED) is 0.784. The third-order valence-corrected chi connectivity index (χ3v) is 1.79. The van der Waals surface area contributed by atoms with Gasteiger partial charge in [-0.2, -0.15) is 0 Å². The van der Waals surface area contributed by atoms with Gasteiger partial charge in [-0.15, -0.1) is 0 Å². The van der Waals surface area contributed by atoms with Crippen molar-refractivity contribution in [1.82, 2.24) is 4.98 Å². The van der Waals surface area contributed by atoms with Crippen molar-refractivity contribution < 1.29 is 4.79 Å². The molecule has 64 valence electrons. The minimum absolute atomic E-state index is 0.0672. The SMILES string of the molecule is Cc1cncc(NC(=O)CBr)c1. The first kappa shape index (κ1) is 9.19. The Morgan fingerprint density at radius 2 is 2.42 bits per heavy atom. The summed E-state index contributed by atoms with van der Waals surface area (Å²) in [5, 5.41) is 2.99. The molecule has 12 heavy (non-hydrogen) atoms. The van der Waals surface area contributed by atoms with E-state index in [2.05, 4.69) is 26.2 Å². The van der Waals surface area contributed by atoms with Crippen LogP contribution in [-0.2, 0) is 4.79 Å². The average molecular weight is 229 g/mol. The molecule has 1 amide bonds. The molecule has 3 nitrogen and oxygen atoms in total. The number of halogens is 1. The summed E-state index contributed by atoms with van der Waals surface area (Å²) in [7, 11) is 0. The Kier molecular flexibility index (Phi) is 3.22. The smallest absolute Gasteiger partial charge is 0.235 e. The number of anilines is 1. The van der Waals surface area contributed by atoms with Gasteiger partial charge in [0.2, 0.25) is 5.91 Å². The van der Waals surface area contributed by atoms with Crippen LogP contribution >= 0.6 is 15.9 Å². The third-order valence-electron chi connectivity index (χ3n) is 1.28. The Hall–Kier alpha value is -0.900. The standard InChI is InChI=1S/C8H9BrN2O/c1-6-2-7(5-10-4-6)11-8(12)3-9/h2,4-5H,3H2,1H3,(H,11,12). The van der Waals surface area contributed by atoms with Gasteiger partial charge in [0.25, 0.3) is 0 Å². The summed E-state index contributed by atoms with van der Waals surface area (Å²) in [6.07, 6.45) is 3.36. The highest BCUT2D eigenvalue weighted by molar-refractivity contribution is 9.09. The van der Waals surface area contributed by atoms with Crippen LogP contribution < -0.4 is 5.32 Å². The summed E-state index contributed by atoms with van der Waals surface area (Å²) in [5.74, 6) is -0.0672. The molecular weight excluding hydrogens is 220 g/mol. The lowest BCUT2D eigenvalue weighted by Crippen LogP contribution is -2.12. The molecule has 0 bridgehead atoms. The lowest BCUT2D eigenvalue weighted by molar-refractivity contribution is -0.113. The third kappa shape index (κ3) is 2.62. The van der Waals surface area contributed by atoms with Crippen LogP contribution in [0.5, 0.6) is 0 Å². The Balaban J connectivity index is 2.69. The van der Waals surface area contributed by atoms with E-state index in [0.29, 0.717) is 5.33 Å². The van der Waals surface area contributed by atoms with Crippen molar-refractivity contribution in [3.63, 3.8) is 0 Å². The van der Waals surface area contributed by atoms with Crippen molar-refractivity contribution in [2.45, 2.75) is 6.92 Å². The fraction of sp³-hybridized carbons (Fsp3) is 0.250. The summed E-state index contributed by atoms with van der Waals surface area (Å²) in [6.45, 7) is 1.93. The zero-order chi connectivity index (χ0) is 8.97. The molecule has 0 aliphatic rings. The number of nitrogens with zero attached hydrogens (tertiary/aromatic N) is 1. The minimum atomic E-state index is -0.0672. The molecule has 0 unspecified atom stereocenters. The average Bonchev–Trinajstić information content (AvgIpc) is 2.04. The molecule has 0 atom stereocenters. The van der Waals surface area contributed by atoms with Gasteiger partial charge in [-0.25, -0.2) is 0 Å². The van der Waals surface area contributed by atoms with Gasteiger partial charge in [0.05, 0.1) is 17.2 Å². The minimum Gasteiger partial charge on any atom is -0.324 e. The van der Waals surface area contributed by atoms with Crippen LogP contribution in [0.3, 0.4) is 0 Å². The number of nitrogens with one attached hydrogen (secondary N) is 1. The molecule has 1 heterocycles. The molecule has 0 saturated heterocycles. The number of rotatable bonds is 2. The normalized spacial score (nSPS) is 9.50. The van der Waals surface area contributed by atoms with Gasteiger partial charge in [-0.05, 0) is 18.6 Å². The van der Waals surface area contributed by atoms with Crippen LogP contribution in [0.2, 0.25) is 0 Å². The Morgan fingerprint density at radius 3 is 3.00 bits per heavy atom. The number of hydrogen-bond donors (Lipinski definition) is 1. The van der Waals surface area contributed by atoms with Crippen LogP contribution in [0, 0.1) is 6.92 Å². The Bertz CT molecular complexity index is 288. The predicted molar refractivity (Wildman–Crippen MR) is 51.4 cm³/mol. The van der Waals surface area contributed by atoms with Crippen LogP contribution in [0.1, 0.15) is 5.56 Å². The van der Waals surface area contributed by atoms with E-state index >= 15 is 0 Å². The summed E-state index contributed by atoms with van der Waals surface area (Å²) < 4.78 is 0. The maximum Gasteiger partial charge on any atom is 0.235 e. The lowest BCUT2D eigenvalue weighted by Gasteiger charge is -2.01. The van der Waals surface area contributed by atoms with Gasteiger partial charge in [-0.3, -0.25) is 9.78 Å². The Labute approximate surface area is 79.3 Å². The zero-order valence-electron chi connectivity index (χ0n) is 6.67. The van der Waals surface area contributed by atoms with E-state index in [4.69, 9.17) is 0 Å². The van der Waals surface area contributed by atoms with Gasteiger partial charge in [-0.1, -0.05) is 15.9 Å². The fourth-order valence-electron chi connectivity index (χ4n) is 0.818. The highest BCUT2D eigenvalue weighted by atomic mass is 79.9. The van der Waals surface area contributed by atoms with Crippen molar-refractivity contribution in [2.24, 2.45) is 0 Å². The van der Waals surface area contributed by atoms with Gasteiger partial charge in [0.15, 0.2) is 0 Å². The number of hydrogen-bond acceptors (Lipinski definition) is 2. The molecule has 0 spiro atoms. The number of carbonyl (C=O) groups is 1. The number of aromatic nitrogens is 1. The van der Waals surface area contributed by atoms with Gasteiger partial charge < -0.3 is 5.32 Å². The second-order valence-electron chi connectivity index (χ2n) is 2.43. The molecule has 0 aliphatic heterocycles. The molecule has 1 aromatic rings. The van der Waals surface area contributed by atoms with Crippen molar-refractivity contribution in [3.8, 4) is 0 Å². The van der Waals surface area contributed by atoms with E-state index in [-0.39, 0.29) is 5.91 Å². The number of aryl methyl sites for hydroxylation is 1. The molecular formula is C8H9BrN2O. The molecule has 1 aromatic heterocycles. The van der Waals surface area contributed by atoms with Crippen molar-refractivity contribution in [2.75, 3.05) is 10.6 Å². The monoisotopic (exact) mass is 228 g/mol. The van der Waals surface area contributed by atoms with Crippen LogP contribution in [-0.4, -0.2) is 16.2 Å². The first-order valence-corrected chi connectivity index (χ1v) is 4.62. The Morgan fingerprint density at radius 1 is 1.67 bits per heavy atom. The summed E-state index contributed by atoms with van der Waals surface area (Å²) in [6, 6.07) is 1.87. The van der Waals surface area contributed by atoms with Crippen LogP contribution in [0.4, 0.5) is 5.69 Å². The molecule has 1 rings (SSSR count). The highest BCUT2D eigenvalue weighted by Crippen LogP contribution is 2.06. The first-order valence-electron chi connectivity index (χ1n) is 3.50. The molecule has 4 heteroatoms. The zero-order valence-corrected chi connectivity index (χ0v) is 8.26. The van der Waals surface area contributed by atoms with Crippen molar-refractivity contribution in [1.29, 1.82) is 0 Å². The second-order valence-corrected chi connectivity index (χ2v) is 2.99. The molecule has 0 saturated carbocycles. The lowest BCUT2D eigenvalue weighted by atomic mass is 10.3. The van der Waals surface area contributed by atoms with Crippen molar-refractivity contribution >= 4 is 27.5 Å². The van der Waals surface area contributed by atoms with Gasteiger partial charge in [0, 0.05) is 6.20 Å². The summed E-state index contributed by atoms with van der Waals surface area (Å²) in [5.41, 5.74) is 1.77. The van der Waals surface area contributed by atoms with E-state index in [1.54, 1.807) is 12.4 Å². The molecule has 1 N–H and O–H groups in total. The second kappa shape index (κ2) is 4.21. The molecule has 0 aromatic carbocycles. The number of carbonyl (C=O) groups excluding carboxylic acids is 1. The maximum absolute atomic E-state index is 10.9. The van der Waals surface area contributed by atoms with E-state index < -0.39 is 0 Å². The topological polar surface area (TPSA) is 42.0 Å². The van der Waals surface area contributed by atoms with Gasteiger partial charge in [0.1, 0.15) is 0 Å². The van der Waals surface area contributed by atoms with E-state index in [9.17, 15) is 4.79 Å². The van der Waals surface area contributed by atoms with Crippen LogP contribution in [0.25, 0.3) is 0 Å². The maximum atomic E-state index is 10.9. The molecule has 0 radical (unpaired) electrons. The summed E-state index contributed by atoms with van der Waals surface area (Å²) in [4.78, 5) is 14.8. The van der Waals surface area contributed by atoms with Gasteiger partial charge >= 0.3 is 0 Å². The summed E-state index contributed by atoms with van der Waals surface area (Å²) >= 11 is 3.06. The highest BCUT2D eigenvalue weighted by Gasteiger charge is 1.98. The number of alkyl halides is 1. The fourth-order valence-corrected chi connectivity index (χ4v) is 0.958. The van der Waals surface area contributed by atoms with Crippen LogP contribution in [0.15, 0.2) is 18.5 Å². The first-order chi connectivity index (χ1) is 5.72. The predicted octanol–water partition coefficient (Wildman–Crippen LogP) is 1.72. The molecule has 0 fully saturated rings. The van der Waals surface area contributed by atoms with E-state index in [1.165, 1.54) is 0 Å². The largest absolute Gasteiger partial charge is 0.324 e. The molecule has 0 aliphatic carbocycles. The van der Waals surface area contributed by atoms with E-state index in [0.717, 1.165) is 11.3 Å². The van der Waals surface area contributed by atoms with E-state index in [1.807, 2.05) is 13.0 Å². The number of amides is 1. The number of pyridine rings is 1. The van der Waals surface area contributed by atoms with Crippen molar-refractivity contribution in [3.05, 3.63) is 24.0 Å².